The Bertz CT molecular complexity index is 1880. The Morgan fingerprint density at radius 1 is 1.06 bits per heavy atom. The third-order valence-electron chi connectivity index (χ3n) is 8.00. The molecule has 1 aliphatic heterocycles. The van der Waals surface area contributed by atoms with E-state index < -0.39 is 24.4 Å². The monoisotopic (exact) mass is 649 g/mol. The second-order valence-corrected chi connectivity index (χ2v) is 11.6. The van der Waals surface area contributed by atoms with Crippen LogP contribution < -0.4 is 10.6 Å². The molecule has 0 radical (unpaired) electrons. The number of aromatic nitrogens is 4. The number of anilines is 1. The van der Waals surface area contributed by atoms with E-state index in [-0.39, 0.29) is 24.1 Å². The van der Waals surface area contributed by atoms with Crippen LogP contribution in [0.1, 0.15) is 58.4 Å². The maximum absolute atomic E-state index is 13.1. The molecule has 3 heterocycles. The van der Waals surface area contributed by atoms with Crippen molar-refractivity contribution in [3.05, 3.63) is 118 Å². The number of benzene rings is 3. The maximum atomic E-state index is 13.1. The molecule has 2 N–H and O–H groups in total. The zero-order valence-corrected chi connectivity index (χ0v) is 26.5. The van der Waals surface area contributed by atoms with Gasteiger partial charge in [-0.15, -0.1) is 0 Å². The Hall–Kier alpha value is -5.31. The van der Waals surface area contributed by atoms with Crippen molar-refractivity contribution >= 4 is 40.5 Å². The number of likely N-dealkylation sites (N-methyl/N-ethyl adjacent to an activating group) is 1. The average molecular weight is 650 g/mol. The fraction of sp³-hybridized carbons (Fsp3) is 0.257. The van der Waals surface area contributed by atoms with Gasteiger partial charge in [-0.2, -0.15) is 15.2 Å². The number of nitrogens with one attached hydrogen (secondary N) is 2. The lowest BCUT2D eigenvalue weighted by Gasteiger charge is -2.21. The first-order valence-electron chi connectivity index (χ1n) is 15.2. The van der Waals surface area contributed by atoms with Crippen molar-refractivity contribution in [1.29, 1.82) is 5.26 Å². The van der Waals surface area contributed by atoms with Gasteiger partial charge in [0.1, 0.15) is 12.2 Å². The van der Waals surface area contributed by atoms with E-state index in [1.54, 1.807) is 34.9 Å². The smallest absolute Gasteiger partial charge is 0.338 e. The molecule has 0 saturated carbocycles. The molecule has 1 aliphatic rings. The molecular formula is C35H32ClN7O4. The van der Waals surface area contributed by atoms with Crippen molar-refractivity contribution in [2.24, 2.45) is 0 Å². The Morgan fingerprint density at radius 3 is 2.45 bits per heavy atom. The highest BCUT2D eigenvalue weighted by molar-refractivity contribution is 6.30. The predicted octanol–water partition coefficient (Wildman–Crippen LogP) is 5.55. The number of aryl methyl sites for hydroxylation is 1. The summed E-state index contributed by atoms with van der Waals surface area (Å²) < 4.78 is 13.7. The molecule has 4 atom stereocenters. The summed E-state index contributed by atoms with van der Waals surface area (Å²) in [5.41, 5.74) is 4.32. The van der Waals surface area contributed by atoms with Crippen molar-refractivity contribution < 1.29 is 19.1 Å². The number of carbonyl (C=O) groups is 2. The van der Waals surface area contributed by atoms with Gasteiger partial charge in [0.15, 0.2) is 29.3 Å². The van der Waals surface area contributed by atoms with Gasteiger partial charge in [-0.3, -0.25) is 9.36 Å². The Kier molecular flexibility index (Phi) is 9.42. The number of ether oxygens (including phenoxy) is 2. The average Bonchev–Trinajstić information content (AvgIpc) is 3.71. The molecule has 12 heteroatoms. The van der Waals surface area contributed by atoms with Crippen molar-refractivity contribution in [1.82, 2.24) is 24.8 Å². The lowest BCUT2D eigenvalue weighted by atomic mass is 9.90. The molecule has 2 aromatic heterocycles. The van der Waals surface area contributed by atoms with Crippen molar-refractivity contribution in [2.75, 3.05) is 18.4 Å². The highest BCUT2D eigenvalue weighted by Gasteiger charge is 2.43. The van der Waals surface area contributed by atoms with Gasteiger partial charge in [0.05, 0.1) is 11.9 Å². The topological polar surface area (TPSA) is 144 Å². The second-order valence-electron chi connectivity index (χ2n) is 11.2. The summed E-state index contributed by atoms with van der Waals surface area (Å²) in [7, 11) is 0. The van der Waals surface area contributed by atoms with E-state index in [0.29, 0.717) is 40.7 Å². The fourth-order valence-electron chi connectivity index (χ4n) is 5.62. The first-order valence-corrected chi connectivity index (χ1v) is 15.6. The van der Waals surface area contributed by atoms with Crippen LogP contribution in [0.25, 0.3) is 11.2 Å². The van der Waals surface area contributed by atoms with Crippen LogP contribution in [0.5, 0.6) is 0 Å². The van der Waals surface area contributed by atoms with E-state index in [4.69, 9.17) is 21.1 Å². The molecule has 47 heavy (non-hydrogen) atoms. The van der Waals surface area contributed by atoms with Crippen LogP contribution in [0.4, 0.5) is 5.82 Å². The Labute approximate surface area is 276 Å². The van der Waals surface area contributed by atoms with Crippen LogP contribution in [0.2, 0.25) is 5.02 Å². The molecule has 0 aliphatic carbocycles. The van der Waals surface area contributed by atoms with E-state index in [1.165, 1.54) is 6.33 Å². The van der Waals surface area contributed by atoms with Crippen molar-refractivity contribution in [2.45, 2.75) is 44.6 Å². The van der Waals surface area contributed by atoms with E-state index in [1.807, 2.05) is 44.2 Å². The summed E-state index contributed by atoms with van der Waals surface area (Å²) in [4.78, 5) is 39.4. The Morgan fingerprint density at radius 2 is 1.77 bits per heavy atom. The molecule has 0 spiro atoms. The van der Waals surface area contributed by atoms with Crippen molar-refractivity contribution in [3.63, 3.8) is 0 Å². The van der Waals surface area contributed by atoms with Crippen LogP contribution in [-0.4, -0.2) is 56.7 Å². The number of hydrogen-bond acceptors (Lipinski definition) is 9. The van der Waals surface area contributed by atoms with Gasteiger partial charge in [-0.1, -0.05) is 71.8 Å². The normalized spacial score (nSPS) is 18.0. The predicted molar refractivity (Wildman–Crippen MR) is 176 cm³/mol. The van der Waals surface area contributed by atoms with E-state index in [2.05, 4.69) is 49.9 Å². The number of nitrogens with zero attached hydrogens (tertiary/aromatic N) is 5. The summed E-state index contributed by atoms with van der Waals surface area (Å²) >= 11 is 6.19. The molecular weight excluding hydrogens is 618 g/mol. The quantitative estimate of drug-likeness (QED) is 0.186. The lowest BCUT2D eigenvalue weighted by Crippen LogP contribution is -2.34. The molecule has 11 nitrogen and oxygen atoms in total. The highest BCUT2D eigenvalue weighted by atomic mass is 35.5. The fourth-order valence-corrected chi connectivity index (χ4v) is 5.75. The van der Waals surface area contributed by atoms with Crippen LogP contribution >= 0.6 is 11.6 Å². The zero-order chi connectivity index (χ0) is 32.9. The summed E-state index contributed by atoms with van der Waals surface area (Å²) in [6.45, 7) is 4.69. The second kappa shape index (κ2) is 14.0. The Balaban J connectivity index is 1.33. The van der Waals surface area contributed by atoms with E-state index in [9.17, 15) is 14.9 Å². The van der Waals surface area contributed by atoms with Gasteiger partial charge in [0, 0.05) is 30.5 Å². The number of hydrogen-bond donors (Lipinski definition) is 2. The van der Waals surface area contributed by atoms with Gasteiger partial charge < -0.3 is 20.1 Å². The third kappa shape index (κ3) is 6.94. The molecule has 2 unspecified atom stereocenters. The minimum Gasteiger partial charge on any atom is -0.454 e. The number of imidazole rings is 1. The van der Waals surface area contributed by atoms with E-state index >= 15 is 0 Å². The highest BCUT2D eigenvalue weighted by Crippen LogP contribution is 2.35. The number of nitriles is 1. The molecule has 6 rings (SSSR count). The number of esters is 1. The molecule has 238 valence electrons. The molecule has 1 amide bonds. The summed E-state index contributed by atoms with van der Waals surface area (Å²) in [6.07, 6.45) is -1.05. The van der Waals surface area contributed by atoms with Crippen LogP contribution in [0.3, 0.4) is 0 Å². The number of amides is 1. The van der Waals surface area contributed by atoms with Gasteiger partial charge in [0.25, 0.3) is 0 Å². The van der Waals surface area contributed by atoms with Gasteiger partial charge in [-0.05, 0) is 49.2 Å². The number of carbonyl (C=O) groups excluding carboxylic acids is 2. The molecule has 1 saturated heterocycles. The number of fused-ring (bicyclic) bond motifs is 1. The molecule has 5 aromatic rings. The minimum atomic E-state index is -0.941. The van der Waals surface area contributed by atoms with Crippen LogP contribution in [0, 0.1) is 18.3 Å². The first kappa shape index (κ1) is 31.7. The largest absolute Gasteiger partial charge is 0.454 e. The third-order valence-corrected chi connectivity index (χ3v) is 8.25. The minimum absolute atomic E-state index is 0.0803. The maximum Gasteiger partial charge on any atom is 0.338 e. The van der Waals surface area contributed by atoms with Gasteiger partial charge in [0.2, 0.25) is 11.7 Å². The van der Waals surface area contributed by atoms with Crippen molar-refractivity contribution in [3.8, 4) is 6.07 Å². The van der Waals surface area contributed by atoms with Gasteiger partial charge >= 0.3 is 5.97 Å². The summed E-state index contributed by atoms with van der Waals surface area (Å²) in [5, 5.41) is 16.7. The molecule has 1 fully saturated rings. The summed E-state index contributed by atoms with van der Waals surface area (Å²) in [5.74, 6) is -0.685. The SMILES string of the molecule is CCNC(=O)[C@@H]1C[C@@H](OC(=O)c2ccccc2)C(n2cnc3c(NCC(c4ccc(C)cc4)c4ccc(Cl)cc4)nc(C#N)nc32)O1. The number of halogens is 1. The van der Waals surface area contributed by atoms with E-state index in [0.717, 1.165) is 16.7 Å². The molecule has 3 aromatic carbocycles. The molecule has 0 bridgehead atoms. The van der Waals surface area contributed by atoms with Gasteiger partial charge in [-0.25, -0.2) is 9.78 Å². The summed E-state index contributed by atoms with van der Waals surface area (Å²) in [6, 6.07) is 26.6. The lowest BCUT2D eigenvalue weighted by molar-refractivity contribution is -0.134. The standard InChI is InChI=1S/C35H32ClN7O4/c1-3-38-33(44)27-17-28(47-35(45)24-7-5-4-6-8-24)34(46-27)43-20-40-30-31(41-29(18-37)42-32(30)43)39-19-26(22-11-9-21(2)10-12-22)23-13-15-25(36)16-14-23/h4-16,20,26-28,34H,3,17,19H2,1-2H3,(H,38,44)(H,39,41,42)/t26?,27-,28+,34?/m0/s1. The first-order chi connectivity index (χ1) is 22.8. The van der Waals surface area contributed by atoms with Crippen LogP contribution in [0.15, 0.2) is 85.2 Å². The van der Waals surface area contributed by atoms with Crippen LogP contribution in [-0.2, 0) is 14.3 Å². The zero-order valence-electron chi connectivity index (χ0n) is 25.8. The number of rotatable bonds is 10.